The van der Waals surface area contributed by atoms with Crippen molar-refractivity contribution in [2.45, 2.75) is 39.2 Å². The molecule has 0 bridgehead atoms. The van der Waals surface area contributed by atoms with Gasteiger partial charge >= 0.3 is 0 Å². The smallest absolute Gasteiger partial charge is 0.0300 e. The van der Waals surface area contributed by atoms with Gasteiger partial charge in [0.25, 0.3) is 0 Å². The minimum Gasteiger partial charge on any atom is -0.312 e. The fourth-order valence-corrected chi connectivity index (χ4v) is 2.73. The van der Waals surface area contributed by atoms with Gasteiger partial charge in [0.15, 0.2) is 0 Å². The third-order valence-electron chi connectivity index (χ3n) is 4.28. The Bertz CT molecular complexity index is 352. The topological polar surface area (TPSA) is 28.2 Å². The summed E-state index contributed by atoms with van der Waals surface area (Å²) >= 11 is 0. The molecule has 0 amide bonds. The summed E-state index contributed by atoms with van der Waals surface area (Å²) in [7, 11) is 0. The fourth-order valence-electron chi connectivity index (χ4n) is 2.73. The van der Waals surface area contributed by atoms with Crippen molar-refractivity contribution in [2.24, 2.45) is 5.92 Å². The summed E-state index contributed by atoms with van der Waals surface area (Å²) in [6.07, 6.45) is 7.47. The molecule has 0 radical (unpaired) electrons. The van der Waals surface area contributed by atoms with Crippen LogP contribution < -0.4 is 5.32 Å². The van der Waals surface area contributed by atoms with Crippen molar-refractivity contribution in [3.8, 4) is 0 Å². The zero-order chi connectivity index (χ0) is 13.5. The van der Waals surface area contributed by atoms with E-state index in [1.54, 1.807) is 0 Å². The van der Waals surface area contributed by atoms with Gasteiger partial charge in [0.1, 0.15) is 0 Å². The van der Waals surface area contributed by atoms with Gasteiger partial charge in [0, 0.05) is 31.5 Å². The molecule has 2 rings (SSSR count). The van der Waals surface area contributed by atoms with E-state index < -0.39 is 0 Å². The second-order valence-corrected chi connectivity index (χ2v) is 5.71. The lowest BCUT2D eigenvalue weighted by Crippen LogP contribution is -2.42. The van der Waals surface area contributed by atoms with Gasteiger partial charge in [-0.1, -0.05) is 26.3 Å². The standard InChI is InChI=1S/C16H27N3/c1-3-14(2)16-13-19(10-5-9-18-16)11-7-15-6-4-8-17-12-15/h4,6,8,12,14,16,18H,3,5,7,9-11,13H2,1-2H3. The number of hydrogen-bond donors (Lipinski definition) is 1. The molecule has 1 aliphatic rings. The van der Waals surface area contributed by atoms with E-state index in [1.807, 2.05) is 18.5 Å². The molecule has 1 aromatic heterocycles. The summed E-state index contributed by atoms with van der Waals surface area (Å²) in [6, 6.07) is 4.86. The number of nitrogens with zero attached hydrogens (tertiary/aromatic N) is 2. The zero-order valence-corrected chi connectivity index (χ0v) is 12.3. The van der Waals surface area contributed by atoms with Gasteiger partial charge in [0.05, 0.1) is 0 Å². The van der Waals surface area contributed by atoms with Crippen LogP contribution in [0.4, 0.5) is 0 Å². The first kappa shape index (κ1) is 14.5. The molecule has 1 aromatic rings. The molecule has 3 heteroatoms. The average molecular weight is 261 g/mol. The molecular formula is C16H27N3. The molecule has 106 valence electrons. The summed E-state index contributed by atoms with van der Waals surface area (Å²) in [6.45, 7) is 9.38. The predicted molar refractivity (Wildman–Crippen MR) is 80.2 cm³/mol. The van der Waals surface area contributed by atoms with Crippen LogP contribution in [0.1, 0.15) is 32.3 Å². The van der Waals surface area contributed by atoms with E-state index in [-0.39, 0.29) is 0 Å². The Morgan fingerprint density at radius 1 is 1.53 bits per heavy atom. The summed E-state index contributed by atoms with van der Waals surface area (Å²) < 4.78 is 0. The molecule has 3 nitrogen and oxygen atoms in total. The maximum atomic E-state index is 4.19. The lowest BCUT2D eigenvalue weighted by atomic mass is 9.99. The second-order valence-electron chi connectivity index (χ2n) is 5.71. The van der Waals surface area contributed by atoms with Gasteiger partial charge < -0.3 is 10.2 Å². The minimum atomic E-state index is 0.654. The third kappa shape index (κ3) is 4.59. The molecule has 2 heterocycles. The van der Waals surface area contributed by atoms with Crippen LogP contribution in [0, 0.1) is 5.92 Å². The van der Waals surface area contributed by atoms with E-state index in [2.05, 4.69) is 35.1 Å². The maximum Gasteiger partial charge on any atom is 0.0300 e. The molecule has 19 heavy (non-hydrogen) atoms. The van der Waals surface area contributed by atoms with Gasteiger partial charge in [-0.15, -0.1) is 0 Å². The largest absolute Gasteiger partial charge is 0.312 e. The van der Waals surface area contributed by atoms with Gasteiger partial charge in [-0.05, 0) is 43.5 Å². The SMILES string of the molecule is CCC(C)C1CN(CCc2cccnc2)CCCN1. The molecule has 1 saturated heterocycles. The summed E-state index contributed by atoms with van der Waals surface area (Å²) in [5.41, 5.74) is 1.35. The highest BCUT2D eigenvalue weighted by atomic mass is 15.2. The number of rotatable bonds is 5. The lowest BCUT2D eigenvalue weighted by molar-refractivity contribution is 0.240. The third-order valence-corrected chi connectivity index (χ3v) is 4.28. The number of hydrogen-bond acceptors (Lipinski definition) is 3. The van der Waals surface area contributed by atoms with E-state index >= 15 is 0 Å². The first-order chi connectivity index (χ1) is 9.29. The zero-order valence-electron chi connectivity index (χ0n) is 12.3. The number of nitrogens with one attached hydrogen (secondary N) is 1. The molecule has 2 atom stereocenters. The molecule has 1 N–H and O–H groups in total. The van der Waals surface area contributed by atoms with E-state index in [9.17, 15) is 0 Å². The van der Waals surface area contributed by atoms with Crippen molar-refractivity contribution >= 4 is 0 Å². The minimum absolute atomic E-state index is 0.654. The van der Waals surface area contributed by atoms with E-state index in [0.29, 0.717) is 6.04 Å². The average Bonchev–Trinajstić information content (AvgIpc) is 2.71. The maximum absolute atomic E-state index is 4.19. The highest BCUT2D eigenvalue weighted by molar-refractivity contribution is 5.08. The van der Waals surface area contributed by atoms with Crippen LogP contribution >= 0.6 is 0 Å². The molecule has 1 aliphatic heterocycles. The molecule has 0 saturated carbocycles. The van der Waals surface area contributed by atoms with Crippen molar-refractivity contribution in [3.05, 3.63) is 30.1 Å². The second kappa shape index (κ2) is 7.61. The molecule has 0 spiro atoms. The van der Waals surface area contributed by atoms with Crippen LogP contribution in [0.5, 0.6) is 0 Å². The Labute approximate surface area is 117 Å². The molecule has 2 unspecified atom stereocenters. The van der Waals surface area contributed by atoms with Gasteiger partial charge in [-0.2, -0.15) is 0 Å². The van der Waals surface area contributed by atoms with Crippen LogP contribution in [-0.2, 0) is 6.42 Å². The Balaban J connectivity index is 1.84. The lowest BCUT2D eigenvalue weighted by Gasteiger charge is -2.28. The van der Waals surface area contributed by atoms with Gasteiger partial charge in [-0.3, -0.25) is 4.98 Å². The van der Waals surface area contributed by atoms with Crippen molar-refractivity contribution in [1.29, 1.82) is 0 Å². The summed E-state index contributed by atoms with van der Waals surface area (Å²) in [5, 5.41) is 3.71. The Morgan fingerprint density at radius 2 is 2.42 bits per heavy atom. The van der Waals surface area contributed by atoms with E-state index in [4.69, 9.17) is 0 Å². The van der Waals surface area contributed by atoms with Crippen molar-refractivity contribution in [2.75, 3.05) is 26.2 Å². The Kier molecular flexibility index (Phi) is 5.80. The van der Waals surface area contributed by atoms with Crippen molar-refractivity contribution in [1.82, 2.24) is 15.2 Å². The Hall–Kier alpha value is -0.930. The van der Waals surface area contributed by atoms with Gasteiger partial charge in [-0.25, -0.2) is 0 Å². The van der Waals surface area contributed by atoms with Crippen LogP contribution in [-0.4, -0.2) is 42.1 Å². The first-order valence-electron chi connectivity index (χ1n) is 7.64. The van der Waals surface area contributed by atoms with E-state index in [0.717, 1.165) is 18.9 Å². The number of pyridine rings is 1. The molecule has 0 aliphatic carbocycles. The monoisotopic (exact) mass is 261 g/mol. The molecular weight excluding hydrogens is 234 g/mol. The van der Waals surface area contributed by atoms with Gasteiger partial charge in [0.2, 0.25) is 0 Å². The fraction of sp³-hybridized carbons (Fsp3) is 0.688. The van der Waals surface area contributed by atoms with Crippen LogP contribution in [0.3, 0.4) is 0 Å². The van der Waals surface area contributed by atoms with Crippen LogP contribution in [0.2, 0.25) is 0 Å². The normalized spacial score (nSPS) is 22.9. The van der Waals surface area contributed by atoms with Crippen LogP contribution in [0.25, 0.3) is 0 Å². The highest BCUT2D eigenvalue weighted by Gasteiger charge is 2.21. The van der Waals surface area contributed by atoms with Crippen LogP contribution in [0.15, 0.2) is 24.5 Å². The van der Waals surface area contributed by atoms with E-state index in [1.165, 1.54) is 38.0 Å². The molecule has 0 aromatic carbocycles. The first-order valence-corrected chi connectivity index (χ1v) is 7.64. The highest BCUT2D eigenvalue weighted by Crippen LogP contribution is 2.12. The van der Waals surface area contributed by atoms with Crippen molar-refractivity contribution in [3.63, 3.8) is 0 Å². The van der Waals surface area contributed by atoms with Crippen molar-refractivity contribution < 1.29 is 0 Å². The Morgan fingerprint density at radius 3 is 3.16 bits per heavy atom. The summed E-state index contributed by atoms with van der Waals surface area (Å²) in [5.74, 6) is 0.763. The molecule has 1 fully saturated rings. The summed E-state index contributed by atoms with van der Waals surface area (Å²) in [4.78, 5) is 6.81. The quantitative estimate of drug-likeness (QED) is 0.882. The number of aromatic nitrogens is 1. The predicted octanol–water partition coefficient (Wildman–Crippen LogP) is 2.33.